The number of piperidine rings is 1. The maximum atomic E-state index is 12.7. The van der Waals surface area contributed by atoms with Crippen molar-refractivity contribution in [3.63, 3.8) is 0 Å². The molecule has 1 aliphatic rings. The van der Waals surface area contributed by atoms with Gasteiger partial charge >= 0.3 is 6.36 Å². The number of hydrogen-bond acceptors (Lipinski definition) is 5. The Morgan fingerprint density at radius 1 is 1.23 bits per heavy atom. The molecule has 0 bridgehead atoms. The summed E-state index contributed by atoms with van der Waals surface area (Å²) >= 11 is 6.30. The molecule has 0 aromatic heterocycles. The molecule has 3 rings (SSSR count). The van der Waals surface area contributed by atoms with E-state index in [1.807, 2.05) is 0 Å². The van der Waals surface area contributed by atoms with Crippen LogP contribution in [-0.4, -0.2) is 41.2 Å². The molecule has 0 saturated carbocycles. The van der Waals surface area contributed by atoms with Crippen LogP contribution in [0.1, 0.15) is 19.3 Å². The number of carbonyl (C=O) groups is 1. The number of anilines is 1. The van der Waals surface area contributed by atoms with Crippen molar-refractivity contribution in [3.8, 4) is 16.9 Å². The zero-order chi connectivity index (χ0) is 21.9. The molecule has 2 aromatic carbocycles. The molecular formula is C20H21ClF3N3O3. The number of halogens is 4. The molecule has 1 saturated heterocycles. The van der Waals surface area contributed by atoms with Crippen molar-refractivity contribution in [1.82, 2.24) is 4.90 Å². The molecule has 1 heterocycles. The van der Waals surface area contributed by atoms with Crippen molar-refractivity contribution in [2.45, 2.75) is 38.0 Å². The maximum absolute atomic E-state index is 12.7. The lowest BCUT2D eigenvalue weighted by atomic mass is 10.0. The van der Waals surface area contributed by atoms with E-state index in [1.165, 1.54) is 41.3 Å². The summed E-state index contributed by atoms with van der Waals surface area (Å²) in [5.41, 5.74) is 6.41. The second kappa shape index (κ2) is 9.22. The average molecular weight is 444 g/mol. The Kier molecular flexibility index (Phi) is 6.87. The molecule has 1 amide bonds. The average Bonchev–Trinajstić information content (AvgIpc) is 2.67. The van der Waals surface area contributed by atoms with Crippen LogP contribution in [0.3, 0.4) is 0 Å². The van der Waals surface area contributed by atoms with Crippen LogP contribution in [0.2, 0.25) is 5.02 Å². The highest BCUT2D eigenvalue weighted by molar-refractivity contribution is 6.33. The van der Waals surface area contributed by atoms with Gasteiger partial charge in [-0.05, 0) is 31.0 Å². The zero-order valence-corrected chi connectivity index (χ0v) is 16.6. The Bertz CT molecular complexity index is 908. The minimum atomic E-state index is -4.84. The number of hydrogen-bond donors (Lipinski definition) is 3. The quantitative estimate of drug-likeness (QED) is 0.609. The van der Waals surface area contributed by atoms with Gasteiger partial charge in [-0.15, -0.1) is 13.2 Å². The summed E-state index contributed by atoms with van der Waals surface area (Å²) in [7, 11) is 0. The lowest BCUT2D eigenvalue weighted by molar-refractivity contribution is -0.274. The number of carbonyl (C=O) groups excluding carboxylic acids is 1. The first-order valence-corrected chi connectivity index (χ1v) is 9.68. The second-order valence-corrected chi connectivity index (χ2v) is 7.30. The lowest BCUT2D eigenvalue weighted by Gasteiger charge is -2.36. The number of rotatable bonds is 5. The summed E-state index contributed by atoms with van der Waals surface area (Å²) in [5.74, 6) is -0.720. The maximum Gasteiger partial charge on any atom is 0.573 e. The summed E-state index contributed by atoms with van der Waals surface area (Å²) in [6, 6.07) is 9.56. The first kappa shape index (κ1) is 22.4. The molecule has 162 valence electrons. The van der Waals surface area contributed by atoms with Gasteiger partial charge in [-0.25, -0.2) is 0 Å². The van der Waals surface area contributed by atoms with E-state index in [2.05, 4.69) is 10.1 Å². The predicted molar refractivity (Wildman–Crippen MR) is 107 cm³/mol. The highest BCUT2D eigenvalue weighted by Crippen LogP contribution is 2.38. The molecule has 2 atom stereocenters. The van der Waals surface area contributed by atoms with Gasteiger partial charge < -0.3 is 15.2 Å². The molecular weight excluding hydrogens is 423 g/mol. The van der Waals surface area contributed by atoms with Gasteiger partial charge in [0.25, 0.3) is 0 Å². The third-order valence-corrected chi connectivity index (χ3v) is 5.14. The molecule has 1 fully saturated rings. The first-order valence-electron chi connectivity index (χ1n) is 9.30. The van der Waals surface area contributed by atoms with E-state index in [1.54, 1.807) is 6.07 Å². The monoisotopic (exact) mass is 443 g/mol. The Hall–Kier alpha value is -2.33. The van der Waals surface area contributed by atoms with Crippen molar-refractivity contribution in [3.05, 3.63) is 47.5 Å². The van der Waals surface area contributed by atoms with E-state index in [-0.39, 0.29) is 22.2 Å². The summed E-state index contributed by atoms with van der Waals surface area (Å²) in [5, 5.41) is 12.6. The van der Waals surface area contributed by atoms with Crippen LogP contribution < -0.4 is 15.8 Å². The van der Waals surface area contributed by atoms with E-state index >= 15 is 0 Å². The van der Waals surface area contributed by atoms with Crippen LogP contribution in [0.15, 0.2) is 42.5 Å². The minimum Gasteiger partial charge on any atom is -0.405 e. The number of amides is 1. The van der Waals surface area contributed by atoms with Gasteiger partial charge in [0.15, 0.2) is 6.35 Å². The van der Waals surface area contributed by atoms with E-state index in [0.717, 1.165) is 12.8 Å². The van der Waals surface area contributed by atoms with Crippen LogP contribution >= 0.6 is 11.6 Å². The minimum absolute atomic E-state index is 0.144. The summed E-state index contributed by atoms with van der Waals surface area (Å²) in [6.07, 6.45) is -3.86. The highest BCUT2D eigenvalue weighted by Gasteiger charge is 2.33. The molecule has 0 spiro atoms. The van der Waals surface area contributed by atoms with Crippen LogP contribution in [0.25, 0.3) is 11.1 Å². The number of alkyl halides is 3. The zero-order valence-electron chi connectivity index (χ0n) is 15.8. The van der Waals surface area contributed by atoms with Crippen LogP contribution in [0, 0.1) is 0 Å². The van der Waals surface area contributed by atoms with Crippen molar-refractivity contribution in [2.24, 2.45) is 5.73 Å². The lowest BCUT2D eigenvalue weighted by Crippen LogP contribution is -2.54. The van der Waals surface area contributed by atoms with E-state index in [0.29, 0.717) is 24.2 Å². The Labute approximate surface area is 176 Å². The Morgan fingerprint density at radius 3 is 2.63 bits per heavy atom. The summed E-state index contributed by atoms with van der Waals surface area (Å²) < 4.78 is 42.1. The molecule has 6 nitrogen and oxygen atoms in total. The topological polar surface area (TPSA) is 87.8 Å². The number of nitrogens with zero attached hydrogens (tertiary/aromatic N) is 1. The fourth-order valence-corrected chi connectivity index (χ4v) is 3.77. The standard InChI is InChI=1S/C20H21ClF3N3O3/c21-15-11-12(26-18(28)16-6-3-4-10-27(16)19(25)29)8-9-13(15)14-5-1-2-7-17(14)30-20(22,23)24/h1-2,5,7-9,11,16,19,29H,3-4,6,10,25H2,(H,26,28)/t16-,19?/m1/s1. The predicted octanol–water partition coefficient (Wildman–Crippen LogP) is 3.93. The number of nitrogens with one attached hydrogen (secondary N) is 1. The third kappa shape index (κ3) is 5.42. The number of aliphatic hydroxyl groups excluding tert-OH is 1. The Balaban J connectivity index is 1.80. The van der Waals surface area contributed by atoms with Gasteiger partial charge in [-0.2, -0.15) is 0 Å². The molecule has 1 unspecified atom stereocenters. The van der Waals surface area contributed by atoms with Crippen molar-refractivity contribution >= 4 is 23.2 Å². The van der Waals surface area contributed by atoms with Gasteiger partial charge in [-0.1, -0.05) is 42.3 Å². The van der Waals surface area contributed by atoms with E-state index < -0.39 is 18.8 Å². The number of aliphatic hydroxyl groups is 1. The van der Waals surface area contributed by atoms with Gasteiger partial charge in [0.2, 0.25) is 5.91 Å². The van der Waals surface area contributed by atoms with Crippen molar-refractivity contribution < 1.29 is 27.8 Å². The molecule has 10 heteroatoms. The van der Waals surface area contributed by atoms with Gasteiger partial charge in [0.1, 0.15) is 5.75 Å². The smallest absolute Gasteiger partial charge is 0.405 e. The molecule has 0 aliphatic carbocycles. The number of likely N-dealkylation sites (tertiary alicyclic amines) is 1. The molecule has 1 aliphatic heterocycles. The molecule has 30 heavy (non-hydrogen) atoms. The normalized spacial score (nSPS) is 18.7. The van der Waals surface area contributed by atoms with E-state index in [4.69, 9.17) is 17.3 Å². The third-order valence-electron chi connectivity index (χ3n) is 4.83. The number of benzene rings is 2. The number of ether oxygens (including phenoxy) is 1. The van der Waals surface area contributed by atoms with Crippen molar-refractivity contribution in [2.75, 3.05) is 11.9 Å². The van der Waals surface area contributed by atoms with Crippen LogP contribution in [0.5, 0.6) is 5.75 Å². The second-order valence-electron chi connectivity index (χ2n) is 6.89. The summed E-state index contributed by atoms with van der Waals surface area (Å²) in [6.45, 7) is 0.505. The van der Waals surface area contributed by atoms with Gasteiger partial charge in [-0.3, -0.25) is 15.4 Å². The van der Waals surface area contributed by atoms with Crippen molar-refractivity contribution in [1.29, 1.82) is 0 Å². The fourth-order valence-electron chi connectivity index (χ4n) is 3.49. The number of nitrogens with two attached hydrogens (primary N) is 1. The molecule has 0 radical (unpaired) electrons. The van der Waals surface area contributed by atoms with Gasteiger partial charge in [0.05, 0.1) is 11.1 Å². The molecule has 4 N–H and O–H groups in total. The highest BCUT2D eigenvalue weighted by atomic mass is 35.5. The van der Waals surface area contributed by atoms with Gasteiger partial charge in [0, 0.05) is 23.4 Å². The number of para-hydroxylation sites is 1. The summed E-state index contributed by atoms with van der Waals surface area (Å²) in [4.78, 5) is 14.2. The fraction of sp³-hybridized carbons (Fsp3) is 0.350. The SMILES string of the molecule is NC(O)N1CCCC[C@@H]1C(=O)Nc1ccc(-c2ccccc2OC(F)(F)F)c(Cl)c1. The van der Waals surface area contributed by atoms with Crippen LogP contribution in [-0.2, 0) is 4.79 Å². The van der Waals surface area contributed by atoms with E-state index in [9.17, 15) is 23.1 Å². The largest absolute Gasteiger partial charge is 0.573 e. The molecule has 2 aromatic rings. The van der Waals surface area contributed by atoms with Crippen LogP contribution in [0.4, 0.5) is 18.9 Å². The Morgan fingerprint density at radius 2 is 1.97 bits per heavy atom. The first-order chi connectivity index (χ1) is 14.2.